The second kappa shape index (κ2) is 3.45. The molecule has 1 fully saturated rings. The van der Waals surface area contributed by atoms with E-state index in [-0.39, 0.29) is 25.4 Å². The molecule has 0 bridgehead atoms. The topological polar surface area (TPSA) is 32.3 Å². The average Bonchev–Trinajstić information content (AvgIpc) is 1.84. The fourth-order valence-corrected chi connectivity index (χ4v) is 1.31. The Morgan fingerprint density at radius 3 is 2.55 bits per heavy atom. The molecule has 66 valence electrons. The zero-order valence-electron chi connectivity index (χ0n) is 6.32. The van der Waals surface area contributed by atoms with Gasteiger partial charge in [0, 0.05) is 19.4 Å². The minimum atomic E-state index is -2.41. The zero-order valence-corrected chi connectivity index (χ0v) is 6.32. The van der Waals surface area contributed by atoms with E-state index >= 15 is 0 Å². The van der Waals surface area contributed by atoms with Crippen molar-refractivity contribution in [1.82, 2.24) is 5.32 Å². The van der Waals surface area contributed by atoms with Crippen LogP contribution in [0.3, 0.4) is 0 Å². The fourth-order valence-electron chi connectivity index (χ4n) is 1.31. The molecule has 0 aliphatic heterocycles. The van der Waals surface area contributed by atoms with Crippen LogP contribution in [0.4, 0.5) is 8.78 Å². The van der Waals surface area contributed by atoms with E-state index in [1.807, 2.05) is 0 Å². The van der Waals surface area contributed by atoms with E-state index in [0.717, 1.165) is 0 Å². The molecule has 0 aromatic heterocycles. The van der Waals surface area contributed by atoms with Gasteiger partial charge < -0.3 is 10.4 Å². The van der Waals surface area contributed by atoms with Crippen molar-refractivity contribution in [3.8, 4) is 0 Å². The van der Waals surface area contributed by atoms with Crippen molar-refractivity contribution in [3.05, 3.63) is 0 Å². The van der Waals surface area contributed by atoms with Crippen LogP contribution in [0.2, 0.25) is 0 Å². The van der Waals surface area contributed by atoms with Gasteiger partial charge in [0.2, 0.25) is 5.92 Å². The first kappa shape index (κ1) is 8.87. The predicted molar refractivity (Wildman–Crippen MR) is 37.6 cm³/mol. The molecular formula is C7H13F2NO. The SMILES string of the molecule is OCCNCC1CC(F)(F)C1. The molecule has 0 atom stereocenters. The van der Waals surface area contributed by atoms with Crippen molar-refractivity contribution in [3.63, 3.8) is 0 Å². The maximum atomic E-state index is 12.2. The molecule has 1 saturated carbocycles. The summed E-state index contributed by atoms with van der Waals surface area (Å²) in [5.74, 6) is -2.30. The molecule has 0 heterocycles. The van der Waals surface area contributed by atoms with Crippen molar-refractivity contribution in [2.24, 2.45) is 5.92 Å². The maximum Gasteiger partial charge on any atom is 0.248 e. The van der Waals surface area contributed by atoms with Gasteiger partial charge in [-0.05, 0) is 12.5 Å². The summed E-state index contributed by atoms with van der Waals surface area (Å²) >= 11 is 0. The molecule has 0 spiro atoms. The normalized spacial score (nSPS) is 23.2. The maximum absolute atomic E-state index is 12.2. The van der Waals surface area contributed by atoms with Crippen LogP contribution in [-0.2, 0) is 0 Å². The standard InChI is InChI=1S/C7H13F2NO/c8-7(9)3-6(4-7)5-10-1-2-11/h6,10-11H,1-5H2. The van der Waals surface area contributed by atoms with Crippen LogP contribution in [0.5, 0.6) is 0 Å². The molecule has 2 N–H and O–H groups in total. The van der Waals surface area contributed by atoms with Crippen molar-refractivity contribution in [2.75, 3.05) is 19.7 Å². The predicted octanol–water partition coefficient (Wildman–Crippen LogP) is 0.614. The highest BCUT2D eigenvalue weighted by Crippen LogP contribution is 2.41. The number of alkyl halides is 2. The molecule has 0 amide bonds. The lowest BCUT2D eigenvalue weighted by atomic mass is 9.81. The summed E-state index contributed by atoms with van der Waals surface area (Å²) in [6.07, 6.45) is 0.0108. The summed E-state index contributed by atoms with van der Waals surface area (Å²) in [6, 6.07) is 0. The molecule has 0 radical (unpaired) electrons. The summed E-state index contributed by atoms with van der Waals surface area (Å²) in [5.41, 5.74) is 0. The van der Waals surface area contributed by atoms with Gasteiger partial charge >= 0.3 is 0 Å². The summed E-state index contributed by atoms with van der Waals surface area (Å²) in [6.45, 7) is 1.18. The Hall–Kier alpha value is -0.220. The van der Waals surface area contributed by atoms with Gasteiger partial charge in [-0.25, -0.2) is 8.78 Å². The molecule has 1 aliphatic carbocycles. The third kappa shape index (κ3) is 2.71. The lowest BCUT2D eigenvalue weighted by Crippen LogP contribution is -2.41. The molecule has 4 heteroatoms. The number of rotatable bonds is 4. The van der Waals surface area contributed by atoms with Gasteiger partial charge in [0.05, 0.1) is 6.61 Å². The van der Waals surface area contributed by atoms with E-state index in [0.29, 0.717) is 13.1 Å². The zero-order chi connectivity index (χ0) is 8.32. The Balaban J connectivity index is 1.96. The van der Waals surface area contributed by atoms with Gasteiger partial charge in [0.25, 0.3) is 0 Å². The number of nitrogens with one attached hydrogen (secondary N) is 1. The number of aliphatic hydroxyl groups is 1. The van der Waals surface area contributed by atoms with Gasteiger partial charge in [-0.3, -0.25) is 0 Å². The lowest BCUT2D eigenvalue weighted by molar-refractivity contribution is -0.109. The molecule has 0 saturated heterocycles. The first-order valence-electron chi connectivity index (χ1n) is 3.83. The van der Waals surface area contributed by atoms with E-state index < -0.39 is 5.92 Å². The van der Waals surface area contributed by atoms with Crippen LogP contribution in [0.1, 0.15) is 12.8 Å². The number of hydrogen-bond acceptors (Lipinski definition) is 2. The highest BCUT2D eigenvalue weighted by atomic mass is 19.3. The van der Waals surface area contributed by atoms with Crippen LogP contribution < -0.4 is 5.32 Å². The van der Waals surface area contributed by atoms with Crippen LogP contribution in [0.25, 0.3) is 0 Å². The summed E-state index contributed by atoms with van der Waals surface area (Å²) in [5, 5.41) is 11.3. The molecule has 11 heavy (non-hydrogen) atoms. The smallest absolute Gasteiger partial charge is 0.248 e. The van der Waals surface area contributed by atoms with E-state index in [1.54, 1.807) is 0 Å². The van der Waals surface area contributed by atoms with E-state index in [9.17, 15) is 8.78 Å². The average molecular weight is 165 g/mol. The van der Waals surface area contributed by atoms with Gasteiger partial charge in [-0.2, -0.15) is 0 Å². The quantitative estimate of drug-likeness (QED) is 0.598. The Morgan fingerprint density at radius 2 is 2.09 bits per heavy atom. The lowest BCUT2D eigenvalue weighted by Gasteiger charge is -2.34. The molecule has 1 aliphatic rings. The first-order valence-corrected chi connectivity index (χ1v) is 3.83. The van der Waals surface area contributed by atoms with E-state index in [4.69, 9.17) is 5.11 Å². The van der Waals surface area contributed by atoms with Crippen molar-refractivity contribution in [2.45, 2.75) is 18.8 Å². The first-order chi connectivity index (χ1) is 5.14. The number of aliphatic hydroxyl groups excluding tert-OH is 1. The van der Waals surface area contributed by atoms with Gasteiger partial charge in [-0.15, -0.1) is 0 Å². The Kier molecular flexibility index (Phi) is 2.78. The Labute approximate surface area is 64.6 Å². The molecule has 0 unspecified atom stereocenters. The molecule has 0 aromatic rings. The van der Waals surface area contributed by atoms with Gasteiger partial charge in [-0.1, -0.05) is 0 Å². The summed E-state index contributed by atoms with van der Waals surface area (Å²) in [7, 11) is 0. The second-order valence-electron chi connectivity index (χ2n) is 3.06. The van der Waals surface area contributed by atoms with E-state index in [1.165, 1.54) is 0 Å². The van der Waals surface area contributed by atoms with Crippen molar-refractivity contribution in [1.29, 1.82) is 0 Å². The molecule has 1 rings (SSSR count). The number of hydrogen-bond donors (Lipinski definition) is 2. The number of halogens is 2. The largest absolute Gasteiger partial charge is 0.395 e. The third-order valence-corrected chi connectivity index (χ3v) is 1.90. The van der Waals surface area contributed by atoms with Crippen LogP contribution in [0.15, 0.2) is 0 Å². The summed E-state index contributed by atoms with van der Waals surface area (Å²) in [4.78, 5) is 0. The van der Waals surface area contributed by atoms with Crippen molar-refractivity contribution >= 4 is 0 Å². The Morgan fingerprint density at radius 1 is 1.45 bits per heavy atom. The highest BCUT2D eigenvalue weighted by molar-refractivity contribution is 4.86. The van der Waals surface area contributed by atoms with Crippen LogP contribution in [0, 0.1) is 5.92 Å². The summed E-state index contributed by atoms with van der Waals surface area (Å²) < 4.78 is 24.4. The minimum Gasteiger partial charge on any atom is -0.395 e. The molecule has 0 aromatic carbocycles. The van der Waals surface area contributed by atoms with Gasteiger partial charge in [0.1, 0.15) is 0 Å². The monoisotopic (exact) mass is 165 g/mol. The third-order valence-electron chi connectivity index (χ3n) is 1.90. The van der Waals surface area contributed by atoms with Crippen LogP contribution in [-0.4, -0.2) is 30.7 Å². The molecular weight excluding hydrogens is 152 g/mol. The highest BCUT2D eigenvalue weighted by Gasteiger charge is 2.44. The fraction of sp³-hybridized carbons (Fsp3) is 1.00. The second-order valence-corrected chi connectivity index (χ2v) is 3.06. The van der Waals surface area contributed by atoms with Crippen LogP contribution >= 0.6 is 0 Å². The van der Waals surface area contributed by atoms with Crippen molar-refractivity contribution < 1.29 is 13.9 Å². The van der Waals surface area contributed by atoms with E-state index in [2.05, 4.69) is 5.32 Å². The Bertz CT molecular complexity index is 122. The minimum absolute atomic E-state index is 0.00539. The molecule has 2 nitrogen and oxygen atoms in total. The van der Waals surface area contributed by atoms with Gasteiger partial charge in [0.15, 0.2) is 0 Å².